The Kier molecular flexibility index (Phi) is 8.64. The summed E-state index contributed by atoms with van der Waals surface area (Å²) in [4.78, 5) is 32.6. The Balaban J connectivity index is 1.50. The zero-order valence-corrected chi connectivity index (χ0v) is 23.8. The van der Waals surface area contributed by atoms with Crippen LogP contribution in [0.15, 0.2) is 101 Å². The van der Waals surface area contributed by atoms with E-state index in [0.717, 1.165) is 11.1 Å². The Morgan fingerprint density at radius 3 is 2.48 bits per heavy atom. The van der Waals surface area contributed by atoms with Gasteiger partial charge in [0.2, 0.25) is 0 Å². The van der Waals surface area contributed by atoms with Crippen molar-refractivity contribution >= 4 is 40.2 Å². The van der Waals surface area contributed by atoms with Gasteiger partial charge in [0.05, 0.1) is 24.8 Å². The van der Waals surface area contributed by atoms with Crippen molar-refractivity contribution in [2.75, 3.05) is 30.4 Å². The lowest BCUT2D eigenvalue weighted by atomic mass is 9.95. The number of benzene rings is 4. The molecule has 7 nitrogen and oxygen atoms in total. The van der Waals surface area contributed by atoms with E-state index in [1.54, 1.807) is 32.0 Å². The van der Waals surface area contributed by atoms with Gasteiger partial charge >= 0.3 is 5.97 Å². The van der Waals surface area contributed by atoms with Crippen molar-refractivity contribution in [3.8, 4) is 11.8 Å². The van der Waals surface area contributed by atoms with Crippen molar-refractivity contribution in [1.82, 2.24) is 4.98 Å². The molecular weight excluding hydrogens is 526 g/mol. The molecule has 0 aliphatic heterocycles. The number of para-hydroxylation sites is 4. The highest BCUT2D eigenvalue weighted by Crippen LogP contribution is 2.33. The number of rotatable bonds is 9. The van der Waals surface area contributed by atoms with Gasteiger partial charge in [0.25, 0.3) is 6.01 Å². The molecule has 7 heteroatoms. The summed E-state index contributed by atoms with van der Waals surface area (Å²) in [6.45, 7) is 4.22. The second-order valence-corrected chi connectivity index (χ2v) is 9.73. The maximum absolute atomic E-state index is 13.4. The van der Waals surface area contributed by atoms with Gasteiger partial charge in [-0.05, 0) is 49.7 Å². The molecule has 0 saturated heterocycles. The number of carbonyl (C=O) groups excluding carboxylic acids is 2. The number of ketones is 1. The zero-order chi connectivity index (χ0) is 29.5. The number of nitrogens with one attached hydrogen (secondary N) is 1. The number of hydrogen-bond acceptors (Lipinski definition) is 7. The fourth-order valence-electron chi connectivity index (χ4n) is 4.58. The molecule has 1 heterocycles. The number of carbonyl (C=O) groups is 2. The predicted octanol–water partition coefficient (Wildman–Crippen LogP) is 6.96. The molecule has 0 radical (unpaired) electrons. The largest absolute Gasteiger partial charge is 0.466 e. The van der Waals surface area contributed by atoms with Gasteiger partial charge in [-0.15, -0.1) is 0 Å². The molecule has 5 rings (SSSR count). The van der Waals surface area contributed by atoms with Gasteiger partial charge in [0.1, 0.15) is 5.52 Å². The second-order valence-electron chi connectivity index (χ2n) is 9.73. The molecule has 0 saturated carbocycles. The standard InChI is InChI=1S/C35H31N3O4/c1-4-41-34(40)24(2)27-19-12-16-25(17-13-23-38(3)35-37-30-21-10-11-22-31(30)42-35)32(27)36-29-20-9-8-18-28(29)33(39)26-14-6-5-7-15-26/h5-12,14-16,18-22,24,36H,4,23H2,1-3H3/t24-/m0/s1. The van der Waals surface area contributed by atoms with E-state index in [2.05, 4.69) is 22.1 Å². The summed E-state index contributed by atoms with van der Waals surface area (Å²) in [5.74, 6) is 5.45. The predicted molar refractivity (Wildman–Crippen MR) is 165 cm³/mol. The molecule has 4 aromatic carbocycles. The van der Waals surface area contributed by atoms with Crippen LogP contribution in [0, 0.1) is 11.8 Å². The summed E-state index contributed by atoms with van der Waals surface area (Å²) in [6, 6.07) is 30.2. The van der Waals surface area contributed by atoms with Crippen LogP contribution in [0.4, 0.5) is 17.4 Å². The lowest BCUT2D eigenvalue weighted by molar-refractivity contribution is -0.144. The molecule has 42 heavy (non-hydrogen) atoms. The minimum absolute atomic E-state index is 0.109. The Labute approximate surface area is 245 Å². The van der Waals surface area contributed by atoms with Gasteiger partial charge in [-0.25, -0.2) is 0 Å². The molecule has 5 aromatic rings. The molecule has 0 spiro atoms. The minimum atomic E-state index is -0.561. The quantitative estimate of drug-likeness (QED) is 0.119. The van der Waals surface area contributed by atoms with Crippen LogP contribution < -0.4 is 10.2 Å². The molecule has 1 N–H and O–H groups in total. The number of aromatic nitrogens is 1. The Bertz CT molecular complexity index is 1750. The average Bonchev–Trinajstić information content (AvgIpc) is 3.46. The van der Waals surface area contributed by atoms with Crippen molar-refractivity contribution in [3.63, 3.8) is 0 Å². The minimum Gasteiger partial charge on any atom is -0.466 e. The van der Waals surface area contributed by atoms with E-state index in [-0.39, 0.29) is 18.4 Å². The van der Waals surface area contributed by atoms with Crippen molar-refractivity contribution in [2.45, 2.75) is 19.8 Å². The van der Waals surface area contributed by atoms with Crippen molar-refractivity contribution in [2.24, 2.45) is 0 Å². The third-order valence-electron chi connectivity index (χ3n) is 6.82. The van der Waals surface area contributed by atoms with Crippen molar-refractivity contribution in [3.05, 3.63) is 119 Å². The lowest BCUT2D eigenvalue weighted by Gasteiger charge is -2.20. The summed E-state index contributed by atoms with van der Waals surface area (Å²) in [7, 11) is 1.86. The maximum Gasteiger partial charge on any atom is 0.313 e. The van der Waals surface area contributed by atoms with E-state index in [9.17, 15) is 9.59 Å². The molecule has 0 fully saturated rings. The number of oxazole rings is 1. The number of fused-ring (bicyclic) bond motifs is 1. The first-order chi connectivity index (χ1) is 20.5. The van der Waals surface area contributed by atoms with E-state index >= 15 is 0 Å². The Hall–Kier alpha value is -5.35. The van der Waals surface area contributed by atoms with E-state index in [0.29, 0.717) is 46.2 Å². The smallest absolute Gasteiger partial charge is 0.313 e. The van der Waals surface area contributed by atoms with Crippen molar-refractivity contribution < 1.29 is 18.7 Å². The van der Waals surface area contributed by atoms with Gasteiger partial charge in [0, 0.05) is 29.4 Å². The number of anilines is 3. The fraction of sp³-hybridized carbons (Fsp3) is 0.171. The maximum atomic E-state index is 13.4. The third-order valence-corrected chi connectivity index (χ3v) is 6.82. The monoisotopic (exact) mass is 557 g/mol. The second kappa shape index (κ2) is 12.9. The summed E-state index contributed by atoms with van der Waals surface area (Å²) in [5.41, 5.74) is 5.24. The number of ether oxygens (including phenoxy) is 1. The van der Waals surface area contributed by atoms with Gasteiger partial charge in [-0.3, -0.25) is 9.59 Å². The highest BCUT2D eigenvalue weighted by atomic mass is 16.5. The van der Waals surface area contributed by atoms with Gasteiger partial charge in [-0.1, -0.05) is 78.6 Å². The number of hydrogen-bond donors (Lipinski definition) is 1. The van der Waals surface area contributed by atoms with Crippen LogP contribution >= 0.6 is 0 Å². The molecule has 0 bridgehead atoms. The first-order valence-electron chi connectivity index (χ1n) is 13.8. The van der Waals surface area contributed by atoms with Crippen LogP contribution in [0.1, 0.15) is 46.8 Å². The van der Waals surface area contributed by atoms with Crippen LogP contribution in [-0.4, -0.2) is 36.9 Å². The van der Waals surface area contributed by atoms with Gasteiger partial charge in [-0.2, -0.15) is 4.98 Å². The highest BCUT2D eigenvalue weighted by molar-refractivity contribution is 6.12. The third kappa shape index (κ3) is 6.18. The molecule has 1 atom stereocenters. The summed E-state index contributed by atoms with van der Waals surface area (Å²) in [5, 5.41) is 3.45. The normalized spacial score (nSPS) is 11.3. The topological polar surface area (TPSA) is 84.7 Å². The SMILES string of the molecule is CCOC(=O)[C@@H](C)c1cccc(C#CCN(C)c2nc3ccccc3o2)c1Nc1ccccc1C(=O)c1ccccc1. The van der Waals surface area contributed by atoms with Crippen LogP contribution in [-0.2, 0) is 9.53 Å². The molecular formula is C35H31N3O4. The van der Waals surface area contributed by atoms with Crippen LogP contribution in [0.25, 0.3) is 11.1 Å². The fourth-order valence-corrected chi connectivity index (χ4v) is 4.58. The van der Waals surface area contributed by atoms with E-state index < -0.39 is 5.92 Å². The summed E-state index contributed by atoms with van der Waals surface area (Å²) >= 11 is 0. The Morgan fingerprint density at radius 2 is 1.69 bits per heavy atom. The molecule has 0 aliphatic rings. The van der Waals surface area contributed by atoms with Gasteiger partial charge < -0.3 is 19.4 Å². The molecule has 1 aromatic heterocycles. The molecule has 0 aliphatic carbocycles. The summed E-state index contributed by atoms with van der Waals surface area (Å²) < 4.78 is 11.2. The van der Waals surface area contributed by atoms with E-state index in [1.807, 2.05) is 90.8 Å². The number of nitrogens with zero attached hydrogens (tertiary/aromatic N) is 2. The zero-order valence-electron chi connectivity index (χ0n) is 23.8. The van der Waals surface area contributed by atoms with Gasteiger partial charge in [0.15, 0.2) is 11.4 Å². The first-order valence-corrected chi connectivity index (χ1v) is 13.8. The van der Waals surface area contributed by atoms with Crippen molar-refractivity contribution in [1.29, 1.82) is 0 Å². The van der Waals surface area contributed by atoms with Crippen LogP contribution in [0.2, 0.25) is 0 Å². The van der Waals surface area contributed by atoms with Crippen LogP contribution in [0.5, 0.6) is 0 Å². The molecule has 210 valence electrons. The molecule has 0 amide bonds. The van der Waals surface area contributed by atoms with E-state index in [1.165, 1.54) is 0 Å². The lowest BCUT2D eigenvalue weighted by Crippen LogP contribution is -2.17. The molecule has 0 unspecified atom stereocenters. The Morgan fingerprint density at radius 1 is 0.952 bits per heavy atom. The number of esters is 1. The van der Waals surface area contributed by atoms with Crippen LogP contribution in [0.3, 0.4) is 0 Å². The first kappa shape index (κ1) is 28.2. The highest BCUT2D eigenvalue weighted by Gasteiger charge is 2.23. The van der Waals surface area contributed by atoms with E-state index in [4.69, 9.17) is 9.15 Å². The summed E-state index contributed by atoms with van der Waals surface area (Å²) in [6.07, 6.45) is 0. The average molecular weight is 558 g/mol.